The molecule has 0 aromatic heterocycles. The highest BCUT2D eigenvalue weighted by Gasteiger charge is 2.27. The molecule has 0 aliphatic carbocycles. The van der Waals surface area contributed by atoms with Crippen LogP contribution in [-0.4, -0.2) is 61.7 Å². The summed E-state index contributed by atoms with van der Waals surface area (Å²) in [6.45, 7) is 13.9. The number of carbonyl (C=O) groups is 1. The number of hydrogen-bond acceptors (Lipinski definition) is 3. The van der Waals surface area contributed by atoms with Crippen LogP contribution < -0.4 is 10.6 Å². The minimum absolute atomic E-state index is 0. The van der Waals surface area contributed by atoms with Gasteiger partial charge in [0.1, 0.15) is 0 Å². The number of likely N-dealkylation sites (tertiary alicyclic amines) is 1. The number of nitrogens with zero attached hydrogens (tertiary/aromatic N) is 2. The summed E-state index contributed by atoms with van der Waals surface area (Å²) in [5.74, 6) is 1.14. The fourth-order valence-electron chi connectivity index (χ4n) is 2.53. The maximum atomic E-state index is 12.0. The average molecular weight is 454 g/mol. The Hall–Kier alpha value is -0.570. The lowest BCUT2D eigenvalue weighted by molar-refractivity contribution is -0.133. The van der Waals surface area contributed by atoms with E-state index >= 15 is 0 Å². The second kappa shape index (κ2) is 12.7. The number of amides is 1. The third kappa shape index (κ3) is 9.05. The van der Waals surface area contributed by atoms with Gasteiger partial charge in [0.25, 0.3) is 0 Å². The van der Waals surface area contributed by atoms with Gasteiger partial charge in [0, 0.05) is 44.7 Å². The summed E-state index contributed by atoms with van der Waals surface area (Å²) in [5, 5.41) is 6.72. The van der Waals surface area contributed by atoms with Crippen LogP contribution in [0.25, 0.3) is 0 Å². The summed E-state index contributed by atoms with van der Waals surface area (Å²) in [4.78, 5) is 18.6. The minimum Gasteiger partial charge on any atom is -0.379 e. The van der Waals surface area contributed by atoms with E-state index in [0.29, 0.717) is 0 Å². The lowest BCUT2D eigenvalue weighted by Crippen LogP contribution is -2.45. The first-order valence-electron chi connectivity index (χ1n) is 8.89. The van der Waals surface area contributed by atoms with E-state index in [4.69, 9.17) is 4.74 Å². The van der Waals surface area contributed by atoms with Gasteiger partial charge in [-0.3, -0.25) is 9.79 Å². The Labute approximate surface area is 164 Å². The molecule has 1 aliphatic heterocycles. The number of halogens is 1. The molecule has 0 bridgehead atoms. The molecule has 1 aliphatic rings. The molecule has 24 heavy (non-hydrogen) atoms. The molecule has 1 rings (SSSR count). The second-order valence-electron chi connectivity index (χ2n) is 6.60. The molecule has 6 nitrogen and oxygen atoms in total. The first-order valence-corrected chi connectivity index (χ1v) is 8.89. The Morgan fingerprint density at radius 2 is 2.04 bits per heavy atom. The molecule has 0 aromatic rings. The Bertz CT molecular complexity index is 389. The van der Waals surface area contributed by atoms with Crippen molar-refractivity contribution in [3.63, 3.8) is 0 Å². The Morgan fingerprint density at radius 3 is 2.62 bits per heavy atom. The lowest BCUT2D eigenvalue weighted by atomic mass is 10.2. The monoisotopic (exact) mass is 454 g/mol. The largest absolute Gasteiger partial charge is 0.379 e. The molecule has 1 heterocycles. The zero-order chi connectivity index (χ0) is 17.2. The predicted octanol–water partition coefficient (Wildman–Crippen LogP) is 2.23. The van der Waals surface area contributed by atoms with Gasteiger partial charge in [-0.25, -0.2) is 0 Å². The van der Waals surface area contributed by atoms with Crippen molar-refractivity contribution in [2.24, 2.45) is 10.9 Å². The van der Waals surface area contributed by atoms with Gasteiger partial charge in [0.15, 0.2) is 5.96 Å². The Balaban J connectivity index is 0.00000529. The van der Waals surface area contributed by atoms with Crippen LogP contribution in [0.15, 0.2) is 4.99 Å². The van der Waals surface area contributed by atoms with Gasteiger partial charge >= 0.3 is 0 Å². The van der Waals surface area contributed by atoms with E-state index < -0.39 is 0 Å². The van der Waals surface area contributed by atoms with Crippen LogP contribution in [0, 0.1) is 5.92 Å². The molecule has 0 aromatic carbocycles. The highest BCUT2D eigenvalue weighted by Crippen LogP contribution is 2.12. The standard InChI is InChI=1S/C17H34N4O2.HI/c1-6-18-17(19-9-7-11-23-14(4)5)20-15-8-10-21(12-15)16(22)13(2)3;/h13-15H,6-12H2,1-5H3,(H2,18,19,20);1H. The van der Waals surface area contributed by atoms with Crippen molar-refractivity contribution in [1.82, 2.24) is 15.5 Å². The van der Waals surface area contributed by atoms with Gasteiger partial charge < -0.3 is 20.3 Å². The van der Waals surface area contributed by atoms with Gasteiger partial charge in [0.05, 0.1) is 6.10 Å². The van der Waals surface area contributed by atoms with E-state index in [1.165, 1.54) is 0 Å². The van der Waals surface area contributed by atoms with E-state index in [0.717, 1.165) is 51.6 Å². The van der Waals surface area contributed by atoms with E-state index in [9.17, 15) is 4.79 Å². The summed E-state index contributed by atoms with van der Waals surface area (Å²) in [5.41, 5.74) is 0. The van der Waals surface area contributed by atoms with Crippen LogP contribution in [0.3, 0.4) is 0 Å². The third-order valence-electron chi connectivity index (χ3n) is 3.70. The molecule has 1 saturated heterocycles. The molecule has 1 fully saturated rings. The molecule has 1 atom stereocenters. The summed E-state index contributed by atoms with van der Waals surface area (Å²) in [6.07, 6.45) is 2.16. The van der Waals surface area contributed by atoms with Crippen LogP contribution in [-0.2, 0) is 9.53 Å². The second-order valence-corrected chi connectivity index (χ2v) is 6.60. The van der Waals surface area contributed by atoms with Gasteiger partial charge in [-0.05, 0) is 33.6 Å². The molecule has 142 valence electrons. The molecule has 1 unspecified atom stereocenters. The van der Waals surface area contributed by atoms with Crippen molar-refractivity contribution in [2.45, 2.75) is 59.6 Å². The van der Waals surface area contributed by atoms with E-state index in [-0.39, 0.29) is 47.9 Å². The molecular weight excluding hydrogens is 419 g/mol. The van der Waals surface area contributed by atoms with Gasteiger partial charge in [0.2, 0.25) is 5.91 Å². The van der Waals surface area contributed by atoms with Gasteiger partial charge in [-0.15, -0.1) is 24.0 Å². The van der Waals surface area contributed by atoms with E-state index in [1.54, 1.807) is 0 Å². The zero-order valence-electron chi connectivity index (χ0n) is 15.8. The molecule has 1 amide bonds. The first-order chi connectivity index (χ1) is 10.9. The number of ether oxygens (including phenoxy) is 1. The Kier molecular flexibility index (Phi) is 12.4. The minimum atomic E-state index is 0. The van der Waals surface area contributed by atoms with E-state index in [2.05, 4.69) is 22.5 Å². The summed E-state index contributed by atoms with van der Waals surface area (Å²) < 4.78 is 5.53. The van der Waals surface area contributed by atoms with Gasteiger partial charge in [-0.2, -0.15) is 0 Å². The predicted molar refractivity (Wildman–Crippen MR) is 110 cm³/mol. The fraction of sp³-hybridized carbons (Fsp3) is 0.882. The normalized spacial score (nSPS) is 18.0. The quantitative estimate of drug-likeness (QED) is 0.256. The fourth-order valence-corrected chi connectivity index (χ4v) is 2.53. The number of carbonyl (C=O) groups excluding carboxylic acids is 1. The summed E-state index contributed by atoms with van der Waals surface area (Å²) >= 11 is 0. The molecule has 0 spiro atoms. The van der Waals surface area contributed by atoms with Crippen LogP contribution in [0.2, 0.25) is 0 Å². The summed E-state index contributed by atoms with van der Waals surface area (Å²) in [7, 11) is 0. The van der Waals surface area contributed by atoms with Crippen LogP contribution in [0.4, 0.5) is 0 Å². The van der Waals surface area contributed by atoms with Crippen molar-refractivity contribution in [2.75, 3.05) is 32.8 Å². The number of aliphatic imine (C=N–C) groups is 1. The van der Waals surface area contributed by atoms with E-state index in [1.807, 2.05) is 32.6 Å². The number of hydrogen-bond donors (Lipinski definition) is 2. The van der Waals surface area contributed by atoms with Crippen LogP contribution >= 0.6 is 24.0 Å². The third-order valence-corrected chi connectivity index (χ3v) is 3.70. The summed E-state index contributed by atoms with van der Waals surface area (Å²) in [6, 6.07) is 0.280. The molecular formula is C17H35IN4O2. The first kappa shape index (κ1) is 23.4. The highest BCUT2D eigenvalue weighted by atomic mass is 127. The lowest BCUT2D eigenvalue weighted by Gasteiger charge is -2.20. The van der Waals surface area contributed by atoms with Crippen molar-refractivity contribution >= 4 is 35.8 Å². The molecule has 2 N–H and O–H groups in total. The number of guanidine groups is 1. The van der Waals surface area contributed by atoms with Crippen molar-refractivity contribution in [3.8, 4) is 0 Å². The Morgan fingerprint density at radius 1 is 1.33 bits per heavy atom. The molecule has 0 radical (unpaired) electrons. The maximum Gasteiger partial charge on any atom is 0.225 e. The zero-order valence-corrected chi connectivity index (χ0v) is 18.1. The topological polar surface area (TPSA) is 66.0 Å². The average Bonchev–Trinajstić information content (AvgIpc) is 2.94. The smallest absolute Gasteiger partial charge is 0.225 e. The maximum absolute atomic E-state index is 12.0. The van der Waals surface area contributed by atoms with Gasteiger partial charge in [-0.1, -0.05) is 13.8 Å². The van der Waals surface area contributed by atoms with Crippen LogP contribution in [0.5, 0.6) is 0 Å². The van der Waals surface area contributed by atoms with Crippen LogP contribution in [0.1, 0.15) is 47.5 Å². The number of nitrogens with one attached hydrogen (secondary N) is 2. The molecule has 0 saturated carbocycles. The molecule has 7 heteroatoms. The van der Waals surface area contributed by atoms with Crippen molar-refractivity contribution in [1.29, 1.82) is 0 Å². The highest BCUT2D eigenvalue weighted by molar-refractivity contribution is 14.0. The number of rotatable bonds is 8. The SMILES string of the molecule is CCNC(=NCCCOC(C)C)NC1CCN(C(=O)C(C)C)C1.I. The van der Waals surface area contributed by atoms with Crippen molar-refractivity contribution in [3.05, 3.63) is 0 Å². The van der Waals surface area contributed by atoms with Crippen molar-refractivity contribution < 1.29 is 9.53 Å².